The van der Waals surface area contributed by atoms with Gasteiger partial charge in [0.05, 0.1) is 22.6 Å². The van der Waals surface area contributed by atoms with E-state index < -0.39 is 7.26 Å². The van der Waals surface area contributed by atoms with Gasteiger partial charge in [-0.25, -0.2) is 0 Å². The molecule has 0 aromatic carbocycles. The second-order valence-corrected chi connectivity index (χ2v) is 23.2. The van der Waals surface area contributed by atoms with Gasteiger partial charge in [-0.1, -0.05) is 66.2 Å². The van der Waals surface area contributed by atoms with Crippen molar-refractivity contribution in [2.75, 3.05) is 0 Å². The fourth-order valence-corrected chi connectivity index (χ4v) is 25.8. The molecule has 0 radical (unpaired) electrons. The molecule has 3 unspecified atom stereocenters. The van der Waals surface area contributed by atoms with Gasteiger partial charge in [0.1, 0.15) is 0 Å². The topological polar surface area (TPSA) is 0 Å². The van der Waals surface area contributed by atoms with Crippen LogP contribution in [0, 0.1) is 5.92 Å². The smallest absolute Gasteiger partial charge is 0.0739 e. The summed E-state index contributed by atoms with van der Waals surface area (Å²) < 4.78 is 0. The Kier molecular flexibility index (Phi) is 10.6. The van der Waals surface area contributed by atoms with Crippen molar-refractivity contribution in [1.29, 1.82) is 0 Å². The van der Waals surface area contributed by atoms with Crippen LogP contribution < -0.4 is 0 Å². The van der Waals surface area contributed by atoms with Gasteiger partial charge in [-0.15, -0.1) is 0 Å². The van der Waals surface area contributed by atoms with E-state index in [4.69, 9.17) is 0 Å². The van der Waals surface area contributed by atoms with Crippen molar-refractivity contribution in [2.45, 2.75) is 220 Å². The molecular formula is C36H65P2+. The van der Waals surface area contributed by atoms with Crippen LogP contribution in [0.5, 0.6) is 0 Å². The third-order valence-corrected chi connectivity index (χ3v) is 24.7. The Morgan fingerprint density at radius 3 is 1.21 bits per heavy atom. The fraction of sp³-hybridized carbons (Fsp3) is 1.00. The maximum Gasteiger partial charge on any atom is 0.0739 e. The molecule has 0 nitrogen and oxygen atoms in total. The van der Waals surface area contributed by atoms with Crippen molar-refractivity contribution >= 4 is 15.2 Å². The summed E-state index contributed by atoms with van der Waals surface area (Å²) in [5.41, 5.74) is 8.23. The van der Waals surface area contributed by atoms with E-state index in [0.717, 1.165) is 22.9 Å². The molecule has 6 rings (SSSR count). The maximum atomic E-state index is 2.92. The monoisotopic (exact) mass is 559 g/mol. The lowest BCUT2D eigenvalue weighted by Gasteiger charge is -2.53. The standard InChI is InChI=1S/C36H65P2/c1-29(37(30-17-6-2-7-18-30)31-19-8-3-9-20-31)35-27-16-28-36(35)38(34-25-14-15-26-34,32-21-10-4-11-22-32)33-23-12-5-13-24-33/h29-36H,2-28H2,1H3/q+1. The van der Waals surface area contributed by atoms with Crippen molar-refractivity contribution in [1.82, 2.24) is 0 Å². The summed E-state index contributed by atoms with van der Waals surface area (Å²) in [6.45, 7) is 2.92. The molecule has 0 amide bonds. The summed E-state index contributed by atoms with van der Waals surface area (Å²) in [7, 11) is -0.734. The average Bonchev–Trinajstić information content (AvgIpc) is 3.70. The minimum Gasteiger partial charge on any atom is -0.0970 e. The summed E-state index contributed by atoms with van der Waals surface area (Å²) in [6, 6.07) is 0. The Labute approximate surface area is 240 Å². The van der Waals surface area contributed by atoms with Crippen LogP contribution in [0.1, 0.15) is 180 Å². The molecule has 0 N–H and O–H groups in total. The number of hydrogen-bond donors (Lipinski definition) is 0. The molecule has 3 atom stereocenters. The highest BCUT2D eigenvalue weighted by molar-refractivity contribution is 7.78. The molecule has 6 fully saturated rings. The highest BCUT2D eigenvalue weighted by Crippen LogP contribution is 2.83. The summed E-state index contributed by atoms with van der Waals surface area (Å²) >= 11 is 0. The first kappa shape index (κ1) is 29.0. The molecule has 2 heteroatoms. The third-order valence-electron chi connectivity index (χ3n) is 13.6. The van der Waals surface area contributed by atoms with Crippen LogP contribution >= 0.6 is 15.2 Å². The molecule has 6 saturated carbocycles. The largest absolute Gasteiger partial charge is 0.0970 e. The van der Waals surface area contributed by atoms with Crippen LogP contribution in [-0.4, -0.2) is 39.6 Å². The minimum absolute atomic E-state index is 0.228. The van der Waals surface area contributed by atoms with E-state index in [-0.39, 0.29) is 7.92 Å². The van der Waals surface area contributed by atoms with Crippen LogP contribution in [0.3, 0.4) is 0 Å². The Balaban J connectivity index is 1.36. The molecule has 6 aliphatic rings. The van der Waals surface area contributed by atoms with E-state index in [2.05, 4.69) is 6.92 Å². The molecule has 218 valence electrons. The zero-order chi connectivity index (χ0) is 25.8. The fourth-order valence-electron chi connectivity index (χ4n) is 12.1. The molecule has 0 saturated heterocycles. The van der Waals surface area contributed by atoms with Gasteiger partial charge in [-0.3, -0.25) is 0 Å². The van der Waals surface area contributed by atoms with Gasteiger partial charge in [0.2, 0.25) is 0 Å². The zero-order valence-electron chi connectivity index (χ0n) is 25.6. The van der Waals surface area contributed by atoms with Crippen molar-refractivity contribution in [2.24, 2.45) is 5.92 Å². The van der Waals surface area contributed by atoms with Crippen LogP contribution in [0.2, 0.25) is 0 Å². The Morgan fingerprint density at radius 2 is 0.789 bits per heavy atom. The van der Waals surface area contributed by atoms with E-state index >= 15 is 0 Å². The molecule has 0 spiro atoms. The zero-order valence-corrected chi connectivity index (χ0v) is 27.4. The van der Waals surface area contributed by atoms with Crippen molar-refractivity contribution in [3.8, 4) is 0 Å². The third kappa shape index (κ3) is 5.87. The summed E-state index contributed by atoms with van der Waals surface area (Å²) in [5, 5.41) is 0. The van der Waals surface area contributed by atoms with Crippen LogP contribution in [0.4, 0.5) is 0 Å². The van der Waals surface area contributed by atoms with E-state index in [0.29, 0.717) is 0 Å². The molecule has 38 heavy (non-hydrogen) atoms. The first-order valence-electron chi connectivity index (χ1n) is 18.5. The predicted octanol–water partition coefficient (Wildman–Crippen LogP) is 12.3. The first-order chi connectivity index (χ1) is 18.8. The number of hydrogen-bond acceptors (Lipinski definition) is 0. The molecule has 6 aliphatic carbocycles. The molecule has 0 bridgehead atoms. The molecular weight excluding hydrogens is 494 g/mol. The van der Waals surface area contributed by atoms with E-state index in [9.17, 15) is 0 Å². The SMILES string of the molecule is CC(C1CCCC1[P+](C1CCCCC1)(C1CCCCC1)C1CCCC1)P(C1CCCCC1)C1CCCCC1. The maximum absolute atomic E-state index is 2.92. The van der Waals surface area contributed by atoms with Crippen LogP contribution in [0.15, 0.2) is 0 Å². The second-order valence-electron chi connectivity index (χ2n) is 15.3. The van der Waals surface area contributed by atoms with Crippen molar-refractivity contribution in [3.63, 3.8) is 0 Å². The molecule has 0 heterocycles. The van der Waals surface area contributed by atoms with Crippen molar-refractivity contribution in [3.05, 3.63) is 0 Å². The Hall–Kier alpha value is 0.860. The summed E-state index contributed by atoms with van der Waals surface area (Å²) in [5.74, 6) is 1.14. The summed E-state index contributed by atoms with van der Waals surface area (Å²) in [6.07, 6.45) is 43.5. The lowest BCUT2D eigenvalue weighted by molar-refractivity contribution is 0.445. The molecule has 0 aliphatic heterocycles. The van der Waals surface area contributed by atoms with E-state index in [1.54, 1.807) is 173 Å². The minimum atomic E-state index is -0.962. The van der Waals surface area contributed by atoms with Gasteiger partial charge in [0.25, 0.3) is 0 Å². The van der Waals surface area contributed by atoms with E-state index in [1.807, 2.05) is 0 Å². The van der Waals surface area contributed by atoms with Crippen LogP contribution in [-0.2, 0) is 0 Å². The lowest BCUT2D eigenvalue weighted by Crippen LogP contribution is -2.44. The lowest BCUT2D eigenvalue weighted by atomic mass is 9.99. The quantitative estimate of drug-likeness (QED) is 0.259. The Bertz CT molecular complexity index is 652. The normalized spacial score (nSPS) is 33.3. The van der Waals surface area contributed by atoms with Gasteiger partial charge < -0.3 is 0 Å². The molecule has 0 aromatic rings. The average molecular weight is 560 g/mol. The van der Waals surface area contributed by atoms with E-state index in [1.165, 1.54) is 22.6 Å². The van der Waals surface area contributed by atoms with Gasteiger partial charge in [0.15, 0.2) is 0 Å². The summed E-state index contributed by atoms with van der Waals surface area (Å²) in [4.78, 5) is 0. The van der Waals surface area contributed by atoms with Crippen molar-refractivity contribution < 1.29 is 0 Å². The van der Waals surface area contributed by atoms with Gasteiger partial charge in [-0.05, 0) is 139 Å². The van der Waals surface area contributed by atoms with Crippen LogP contribution in [0.25, 0.3) is 0 Å². The predicted molar refractivity (Wildman–Crippen MR) is 174 cm³/mol. The van der Waals surface area contributed by atoms with Gasteiger partial charge in [0, 0.05) is 13.2 Å². The molecule has 0 aromatic heterocycles. The van der Waals surface area contributed by atoms with Gasteiger partial charge in [-0.2, -0.15) is 0 Å². The number of rotatable bonds is 8. The highest BCUT2D eigenvalue weighted by atomic mass is 31.2. The first-order valence-corrected chi connectivity index (χ1v) is 22.1. The Morgan fingerprint density at radius 1 is 0.421 bits per heavy atom. The van der Waals surface area contributed by atoms with Gasteiger partial charge >= 0.3 is 0 Å². The highest BCUT2D eigenvalue weighted by Gasteiger charge is 2.65. The second kappa shape index (κ2) is 13.9.